The van der Waals surface area contributed by atoms with Crippen LogP contribution in [0.3, 0.4) is 0 Å². The number of hydrogen-bond acceptors (Lipinski definition) is 2. The summed E-state index contributed by atoms with van der Waals surface area (Å²) in [7, 11) is 1.88. The van der Waals surface area contributed by atoms with Gasteiger partial charge in [0.1, 0.15) is 0 Å². The molecule has 0 spiro atoms. The Hall–Kier alpha value is -1.03. The summed E-state index contributed by atoms with van der Waals surface area (Å²) >= 11 is 6.08. The van der Waals surface area contributed by atoms with Crippen molar-refractivity contribution in [1.82, 2.24) is 10.2 Å². The first kappa shape index (κ1) is 18.0. The monoisotopic (exact) mass is 328 g/mol. The highest BCUT2D eigenvalue weighted by Crippen LogP contribution is 2.18. The summed E-state index contributed by atoms with van der Waals surface area (Å²) in [4.78, 5) is 14.0. The van der Waals surface area contributed by atoms with Crippen LogP contribution < -0.4 is 5.32 Å². The molecule has 2 rings (SSSR count). The van der Waals surface area contributed by atoms with E-state index in [0.717, 1.165) is 42.1 Å². The molecule has 0 aliphatic carbocycles. The third-order valence-electron chi connectivity index (χ3n) is 3.82. The highest BCUT2D eigenvalue weighted by atomic mass is 35.5. The molecular weight excluding hydrogens is 307 g/mol. The van der Waals surface area contributed by atoms with Crippen LogP contribution in [0.4, 0.5) is 0 Å². The van der Waals surface area contributed by atoms with Gasteiger partial charge in [0.15, 0.2) is 0 Å². The quantitative estimate of drug-likeness (QED) is 0.863. The summed E-state index contributed by atoms with van der Waals surface area (Å²) in [5.41, 5.74) is 2.00. The van der Waals surface area contributed by atoms with Crippen LogP contribution in [0, 0.1) is 6.92 Å². The zero-order valence-corrected chi connectivity index (χ0v) is 14.0. The molecule has 1 saturated heterocycles. The van der Waals surface area contributed by atoms with Gasteiger partial charge in [-0.25, -0.2) is 0 Å². The van der Waals surface area contributed by atoms with Crippen molar-refractivity contribution in [2.24, 2.45) is 0 Å². The van der Waals surface area contributed by atoms with E-state index in [1.807, 2.05) is 43.1 Å². The van der Waals surface area contributed by atoms with Crippen molar-refractivity contribution < 1.29 is 4.79 Å². The van der Waals surface area contributed by atoms with E-state index in [2.05, 4.69) is 5.32 Å². The second kappa shape index (κ2) is 8.42. The molecule has 5 heteroatoms. The van der Waals surface area contributed by atoms with E-state index >= 15 is 0 Å². The van der Waals surface area contributed by atoms with E-state index in [4.69, 9.17) is 11.6 Å². The van der Waals surface area contributed by atoms with Crippen LogP contribution >= 0.6 is 24.0 Å². The van der Waals surface area contributed by atoms with Crippen LogP contribution in [-0.4, -0.2) is 37.0 Å². The number of carbonyl (C=O) groups is 1. The number of benzene rings is 1. The molecule has 0 aromatic heterocycles. The Morgan fingerprint density at radius 1 is 1.38 bits per heavy atom. The van der Waals surface area contributed by atoms with Crippen LogP contribution in [0.15, 0.2) is 24.3 Å². The van der Waals surface area contributed by atoms with Crippen molar-refractivity contribution in [2.45, 2.75) is 25.8 Å². The van der Waals surface area contributed by atoms with Crippen molar-refractivity contribution >= 4 is 36.0 Å². The van der Waals surface area contributed by atoms with E-state index < -0.39 is 0 Å². The topological polar surface area (TPSA) is 32.3 Å². The van der Waals surface area contributed by atoms with Gasteiger partial charge in [-0.2, -0.15) is 0 Å². The Morgan fingerprint density at radius 3 is 2.67 bits per heavy atom. The number of rotatable bonds is 3. The van der Waals surface area contributed by atoms with Crippen molar-refractivity contribution in [3.63, 3.8) is 0 Å². The van der Waals surface area contributed by atoms with Gasteiger partial charge in [-0.1, -0.05) is 23.7 Å². The number of hydrogen-bond donors (Lipinski definition) is 1. The van der Waals surface area contributed by atoms with E-state index in [1.165, 1.54) is 0 Å². The third kappa shape index (κ3) is 5.03. The summed E-state index contributed by atoms with van der Waals surface area (Å²) in [5, 5.41) is 4.04. The molecule has 1 amide bonds. The Bertz CT molecular complexity index is 511. The molecule has 3 nitrogen and oxygen atoms in total. The zero-order chi connectivity index (χ0) is 14.5. The predicted molar refractivity (Wildman–Crippen MR) is 91.1 cm³/mol. The minimum absolute atomic E-state index is 0. The fraction of sp³-hybridized carbons (Fsp3) is 0.438. The van der Waals surface area contributed by atoms with Crippen LogP contribution in [0.2, 0.25) is 5.02 Å². The largest absolute Gasteiger partial charge is 0.339 e. The van der Waals surface area contributed by atoms with Gasteiger partial charge in [-0.3, -0.25) is 4.79 Å². The van der Waals surface area contributed by atoms with Crippen LogP contribution in [-0.2, 0) is 4.79 Å². The summed E-state index contributed by atoms with van der Waals surface area (Å²) in [6.45, 7) is 3.94. The molecule has 0 saturated carbocycles. The fourth-order valence-corrected chi connectivity index (χ4v) is 2.56. The lowest BCUT2D eigenvalue weighted by molar-refractivity contribution is -0.127. The van der Waals surface area contributed by atoms with E-state index in [9.17, 15) is 4.79 Å². The normalized spacial score (nSPS) is 15.8. The average molecular weight is 329 g/mol. The van der Waals surface area contributed by atoms with Gasteiger partial charge in [-0.15, -0.1) is 12.4 Å². The Labute approximate surface area is 137 Å². The van der Waals surface area contributed by atoms with Crippen LogP contribution in [0.5, 0.6) is 0 Å². The van der Waals surface area contributed by atoms with Gasteiger partial charge in [0.25, 0.3) is 0 Å². The minimum atomic E-state index is 0. The molecule has 0 radical (unpaired) electrons. The molecule has 116 valence electrons. The number of likely N-dealkylation sites (N-methyl/N-ethyl adjacent to an activating group) is 1. The lowest BCUT2D eigenvalue weighted by Crippen LogP contribution is -2.43. The van der Waals surface area contributed by atoms with Gasteiger partial charge < -0.3 is 10.2 Å². The van der Waals surface area contributed by atoms with Crippen molar-refractivity contribution in [3.8, 4) is 0 Å². The lowest BCUT2D eigenvalue weighted by Gasteiger charge is -2.30. The SMILES string of the molecule is Cc1ccc(/C=C/C(=O)N(C)C2CCNCC2)cc1Cl.Cl. The maximum Gasteiger partial charge on any atom is 0.246 e. The maximum atomic E-state index is 12.2. The first-order valence-corrected chi connectivity index (χ1v) is 7.37. The number of aryl methyl sites for hydroxylation is 1. The third-order valence-corrected chi connectivity index (χ3v) is 4.23. The molecular formula is C16H22Cl2N2O. The van der Waals surface area contributed by atoms with Gasteiger partial charge >= 0.3 is 0 Å². The van der Waals surface area contributed by atoms with Crippen molar-refractivity contribution in [3.05, 3.63) is 40.4 Å². The summed E-state index contributed by atoms with van der Waals surface area (Å²) in [5.74, 6) is 0.0496. The average Bonchev–Trinajstić information content (AvgIpc) is 2.48. The first-order chi connectivity index (χ1) is 9.58. The number of piperidine rings is 1. The smallest absolute Gasteiger partial charge is 0.246 e. The number of nitrogens with one attached hydrogen (secondary N) is 1. The molecule has 0 bridgehead atoms. The Balaban J connectivity index is 0.00000220. The molecule has 1 aliphatic rings. The van der Waals surface area contributed by atoms with Crippen molar-refractivity contribution in [2.75, 3.05) is 20.1 Å². The Kier molecular flexibility index (Phi) is 7.23. The van der Waals surface area contributed by atoms with Gasteiger partial charge in [0.05, 0.1) is 0 Å². The standard InChI is InChI=1S/C16H21ClN2O.ClH/c1-12-3-4-13(11-15(12)17)5-6-16(20)19(2)14-7-9-18-10-8-14;/h3-6,11,14,18H,7-10H2,1-2H3;1H/b6-5+;. The summed E-state index contributed by atoms with van der Waals surface area (Å²) in [6, 6.07) is 6.15. The minimum Gasteiger partial charge on any atom is -0.339 e. The van der Waals surface area contributed by atoms with E-state index in [1.54, 1.807) is 6.08 Å². The maximum absolute atomic E-state index is 12.2. The molecule has 1 aromatic carbocycles. The molecule has 21 heavy (non-hydrogen) atoms. The molecule has 0 atom stereocenters. The molecule has 1 aromatic rings. The zero-order valence-electron chi connectivity index (χ0n) is 12.4. The van der Waals surface area contributed by atoms with E-state index in [-0.39, 0.29) is 18.3 Å². The lowest BCUT2D eigenvalue weighted by atomic mass is 10.1. The molecule has 1 aliphatic heterocycles. The highest BCUT2D eigenvalue weighted by Gasteiger charge is 2.20. The number of halogens is 2. The van der Waals surface area contributed by atoms with Gasteiger partial charge in [0.2, 0.25) is 5.91 Å². The highest BCUT2D eigenvalue weighted by molar-refractivity contribution is 6.31. The Morgan fingerprint density at radius 2 is 2.05 bits per heavy atom. The summed E-state index contributed by atoms with van der Waals surface area (Å²) in [6.07, 6.45) is 5.49. The summed E-state index contributed by atoms with van der Waals surface area (Å²) < 4.78 is 0. The number of carbonyl (C=O) groups excluding carboxylic acids is 1. The fourth-order valence-electron chi connectivity index (χ4n) is 2.37. The predicted octanol–water partition coefficient (Wildman–Crippen LogP) is 3.29. The van der Waals surface area contributed by atoms with Gasteiger partial charge in [-0.05, 0) is 56.1 Å². The molecule has 1 fully saturated rings. The van der Waals surface area contributed by atoms with E-state index in [0.29, 0.717) is 6.04 Å². The number of nitrogens with zero attached hydrogens (tertiary/aromatic N) is 1. The molecule has 1 heterocycles. The first-order valence-electron chi connectivity index (χ1n) is 6.99. The second-order valence-electron chi connectivity index (χ2n) is 5.27. The van der Waals surface area contributed by atoms with Crippen LogP contribution in [0.25, 0.3) is 6.08 Å². The van der Waals surface area contributed by atoms with Crippen LogP contribution in [0.1, 0.15) is 24.0 Å². The van der Waals surface area contributed by atoms with Crippen molar-refractivity contribution in [1.29, 1.82) is 0 Å². The molecule has 0 unspecified atom stereocenters. The molecule has 1 N–H and O–H groups in total. The van der Waals surface area contributed by atoms with Gasteiger partial charge in [0, 0.05) is 24.2 Å². The second-order valence-corrected chi connectivity index (χ2v) is 5.68. The number of amides is 1.